The number of carbonyl (C=O) groups excluding carboxylic acids is 1. The number of nitrogens with one attached hydrogen (secondary N) is 1. The summed E-state index contributed by atoms with van der Waals surface area (Å²) >= 11 is 4.92. The van der Waals surface area contributed by atoms with E-state index < -0.39 is 11.7 Å². The van der Waals surface area contributed by atoms with E-state index in [9.17, 15) is 9.18 Å². The zero-order valence-corrected chi connectivity index (χ0v) is 12.1. The van der Waals surface area contributed by atoms with Crippen LogP contribution in [-0.4, -0.2) is 5.91 Å². The van der Waals surface area contributed by atoms with Gasteiger partial charge >= 0.3 is 0 Å². The SMILES string of the molecule is Cc1ccc(F)c(C(=O)NCc2sccc2Br)c1. The lowest BCUT2D eigenvalue weighted by molar-refractivity contribution is 0.0947. The Morgan fingerprint density at radius 1 is 1.44 bits per heavy atom. The summed E-state index contributed by atoms with van der Waals surface area (Å²) in [4.78, 5) is 12.9. The first kappa shape index (κ1) is 13.2. The van der Waals surface area contributed by atoms with Gasteiger partial charge < -0.3 is 5.32 Å². The van der Waals surface area contributed by atoms with Crippen LogP contribution in [0.15, 0.2) is 34.1 Å². The van der Waals surface area contributed by atoms with Crippen molar-refractivity contribution in [1.82, 2.24) is 5.32 Å². The summed E-state index contributed by atoms with van der Waals surface area (Å²) in [5, 5.41) is 4.64. The van der Waals surface area contributed by atoms with E-state index in [1.54, 1.807) is 12.1 Å². The molecule has 0 aliphatic heterocycles. The van der Waals surface area contributed by atoms with E-state index in [0.717, 1.165) is 14.9 Å². The average molecular weight is 328 g/mol. The molecule has 2 rings (SSSR count). The molecular formula is C13H11BrFNOS. The Bertz CT molecular complexity index is 582. The number of rotatable bonds is 3. The third kappa shape index (κ3) is 2.97. The van der Waals surface area contributed by atoms with Gasteiger partial charge in [-0.3, -0.25) is 4.79 Å². The molecule has 94 valence electrons. The van der Waals surface area contributed by atoms with E-state index in [-0.39, 0.29) is 5.56 Å². The fourth-order valence-electron chi connectivity index (χ4n) is 1.52. The molecule has 18 heavy (non-hydrogen) atoms. The number of hydrogen-bond acceptors (Lipinski definition) is 2. The lowest BCUT2D eigenvalue weighted by atomic mass is 10.1. The van der Waals surface area contributed by atoms with Crippen molar-refractivity contribution in [3.8, 4) is 0 Å². The Labute approximate surface area is 117 Å². The molecule has 0 aliphatic carbocycles. The van der Waals surface area contributed by atoms with Crippen LogP contribution in [0.4, 0.5) is 4.39 Å². The summed E-state index contributed by atoms with van der Waals surface area (Å²) in [6.45, 7) is 2.22. The standard InChI is InChI=1S/C13H11BrFNOS/c1-8-2-3-11(15)9(6-8)13(17)16-7-12-10(14)4-5-18-12/h2-6H,7H2,1H3,(H,16,17). The largest absolute Gasteiger partial charge is 0.347 e. The van der Waals surface area contributed by atoms with Crippen LogP contribution in [0.25, 0.3) is 0 Å². The van der Waals surface area contributed by atoms with Crippen molar-refractivity contribution in [2.24, 2.45) is 0 Å². The second kappa shape index (κ2) is 5.63. The predicted molar refractivity (Wildman–Crippen MR) is 74.3 cm³/mol. The molecule has 1 N–H and O–H groups in total. The fraction of sp³-hybridized carbons (Fsp3) is 0.154. The highest BCUT2D eigenvalue weighted by Gasteiger charge is 2.12. The molecular weight excluding hydrogens is 317 g/mol. The molecule has 0 atom stereocenters. The second-order valence-electron chi connectivity index (χ2n) is 3.86. The van der Waals surface area contributed by atoms with Crippen molar-refractivity contribution >= 4 is 33.2 Å². The van der Waals surface area contributed by atoms with Crippen molar-refractivity contribution in [2.75, 3.05) is 0 Å². The van der Waals surface area contributed by atoms with E-state index in [2.05, 4.69) is 21.2 Å². The maximum absolute atomic E-state index is 13.5. The molecule has 0 saturated heterocycles. The predicted octanol–water partition coefficient (Wildman–Crippen LogP) is 3.89. The van der Waals surface area contributed by atoms with Crippen molar-refractivity contribution in [3.63, 3.8) is 0 Å². The van der Waals surface area contributed by atoms with Crippen molar-refractivity contribution < 1.29 is 9.18 Å². The Morgan fingerprint density at radius 2 is 2.22 bits per heavy atom. The third-order valence-electron chi connectivity index (χ3n) is 2.47. The van der Waals surface area contributed by atoms with Gasteiger partial charge in [0, 0.05) is 9.35 Å². The Kier molecular flexibility index (Phi) is 4.14. The average Bonchev–Trinajstić information content (AvgIpc) is 2.75. The first-order valence-electron chi connectivity index (χ1n) is 5.34. The van der Waals surface area contributed by atoms with Gasteiger partial charge in [-0.1, -0.05) is 11.6 Å². The minimum Gasteiger partial charge on any atom is -0.347 e. The van der Waals surface area contributed by atoms with Crippen LogP contribution >= 0.6 is 27.3 Å². The van der Waals surface area contributed by atoms with Gasteiger partial charge in [-0.2, -0.15) is 0 Å². The summed E-state index contributed by atoms with van der Waals surface area (Å²) in [6.07, 6.45) is 0. The highest BCUT2D eigenvalue weighted by atomic mass is 79.9. The molecule has 0 spiro atoms. The molecule has 0 fully saturated rings. The van der Waals surface area contributed by atoms with Gasteiger partial charge in [-0.15, -0.1) is 11.3 Å². The molecule has 1 aromatic heterocycles. The van der Waals surface area contributed by atoms with Crippen LogP contribution in [0, 0.1) is 12.7 Å². The Hall–Kier alpha value is -1.20. The van der Waals surface area contributed by atoms with Crippen LogP contribution < -0.4 is 5.32 Å². The summed E-state index contributed by atoms with van der Waals surface area (Å²) in [5.74, 6) is -0.889. The van der Waals surface area contributed by atoms with Gasteiger partial charge in [-0.25, -0.2) is 4.39 Å². The second-order valence-corrected chi connectivity index (χ2v) is 5.71. The number of aryl methyl sites for hydroxylation is 1. The molecule has 5 heteroatoms. The van der Waals surface area contributed by atoms with Gasteiger partial charge in [0.05, 0.1) is 12.1 Å². The molecule has 1 aromatic carbocycles. The Morgan fingerprint density at radius 3 is 2.89 bits per heavy atom. The smallest absolute Gasteiger partial charge is 0.254 e. The molecule has 0 saturated carbocycles. The number of amides is 1. The number of carbonyl (C=O) groups is 1. The van der Waals surface area contributed by atoms with E-state index in [4.69, 9.17) is 0 Å². The quantitative estimate of drug-likeness (QED) is 0.910. The number of benzene rings is 1. The minimum absolute atomic E-state index is 0.0858. The van der Waals surface area contributed by atoms with Crippen molar-refractivity contribution in [1.29, 1.82) is 0 Å². The lowest BCUT2D eigenvalue weighted by Gasteiger charge is -2.06. The third-order valence-corrected chi connectivity index (χ3v) is 4.39. The fourth-order valence-corrected chi connectivity index (χ4v) is 2.95. The minimum atomic E-state index is -0.497. The highest BCUT2D eigenvalue weighted by molar-refractivity contribution is 9.10. The van der Waals surface area contributed by atoms with Gasteiger partial charge in [0.15, 0.2) is 0 Å². The van der Waals surface area contributed by atoms with Crippen molar-refractivity contribution in [2.45, 2.75) is 13.5 Å². The van der Waals surface area contributed by atoms with E-state index >= 15 is 0 Å². The zero-order chi connectivity index (χ0) is 13.1. The van der Waals surface area contributed by atoms with Crippen LogP contribution in [0.2, 0.25) is 0 Å². The maximum atomic E-state index is 13.5. The summed E-state index contributed by atoms with van der Waals surface area (Å²) < 4.78 is 14.5. The molecule has 0 bridgehead atoms. The van der Waals surface area contributed by atoms with Crippen LogP contribution in [0.3, 0.4) is 0 Å². The van der Waals surface area contributed by atoms with Crippen LogP contribution in [0.5, 0.6) is 0 Å². The van der Waals surface area contributed by atoms with E-state index in [1.807, 2.05) is 18.4 Å². The monoisotopic (exact) mass is 327 g/mol. The van der Waals surface area contributed by atoms with E-state index in [1.165, 1.54) is 17.4 Å². The molecule has 0 aliphatic rings. The normalized spacial score (nSPS) is 10.4. The Balaban J connectivity index is 2.08. The number of halogens is 2. The lowest BCUT2D eigenvalue weighted by Crippen LogP contribution is -2.23. The maximum Gasteiger partial charge on any atom is 0.254 e. The molecule has 0 radical (unpaired) electrons. The van der Waals surface area contributed by atoms with Gasteiger partial charge in [-0.05, 0) is 46.4 Å². The molecule has 1 amide bonds. The number of thiophene rings is 1. The van der Waals surface area contributed by atoms with Crippen molar-refractivity contribution in [3.05, 3.63) is 55.9 Å². The highest BCUT2D eigenvalue weighted by Crippen LogP contribution is 2.22. The first-order valence-corrected chi connectivity index (χ1v) is 7.01. The number of hydrogen-bond donors (Lipinski definition) is 1. The van der Waals surface area contributed by atoms with Gasteiger partial charge in [0.25, 0.3) is 5.91 Å². The van der Waals surface area contributed by atoms with Gasteiger partial charge in [0.1, 0.15) is 5.82 Å². The molecule has 2 nitrogen and oxygen atoms in total. The zero-order valence-electron chi connectivity index (χ0n) is 9.67. The summed E-state index contributed by atoms with van der Waals surface area (Å²) in [7, 11) is 0. The van der Waals surface area contributed by atoms with E-state index in [0.29, 0.717) is 6.54 Å². The van der Waals surface area contributed by atoms with Gasteiger partial charge in [0.2, 0.25) is 0 Å². The van der Waals surface area contributed by atoms with Crippen LogP contribution in [-0.2, 0) is 6.54 Å². The summed E-state index contributed by atoms with van der Waals surface area (Å²) in [6, 6.07) is 6.42. The summed E-state index contributed by atoms with van der Waals surface area (Å²) in [5.41, 5.74) is 0.946. The molecule has 2 aromatic rings. The topological polar surface area (TPSA) is 29.1 Å². The van der Waals surface area contributed by atoms with Crippen LogP contribution in [0.1, 0.15) is 20.8 Å². The first-order chi connectivity index (χ1) is 8.58. The molecule has 1 heterocycles. The molecule has 0 unspecified atom stereocenters.